The summed E-state index contributed by atoms with van der Waals surface area (Å²) in [4.78, 5) is 12.2. The number of aliphatic carboxylic acids is 1. The van der Waals surface area contributed by atoms with Crippen molar-refractivity contribution in [3.8, 4) is 0 Å². The van der Waals surface area contributed by atoms with Gasteiger partial charge < -0.3 is 5.11 Å². The van der Waals surface area contributed by atoms with E-state index in [4.69, 9.17) is 5.11 Å². The average molecular weight is 248 g/mol. The molecule has 1 aliphatic rings. The van der Waals surface area contributed by atoms with Gasteiger partial charge in [-0.25, -0.2) is 13.2 Å². The molecule has 1 heterocycles. The molecule has 7 heteroatoms. The van der Waals surface area contributed by atoms with Crippen LogP contribution in [0.4, 0.5) is 0 Å². The minimum absolute atomic E-state index is 0.472. The fourth-order valence-corrected chi connectivity index (χ4v) is 2.37. The Kier molecular flexibility index (Phi) is 4.45. The molecule has 1 fully saturated rings. The molecule has 0 unspecified atom stereocenters. The molecule has 0 aromatic carbocycles. The van der Waals surface area contributed by atoms with Crippen molar-refractivity contribution in [1.82, 2.24) is 9.21 Å². The lowest BCUT2D eigenvalue weighted by Gasteiger charge is -2.32. The lowest BCUT2D eigenvalue weighted by Crippen LogP contribution is -2.48. The Morgan fingerprint density at radius 1 is 1.31 bits per heavy atom. The maximum Gasteiger partial charge on any atom is 0.328 e. The third-order valence-electron chi connectivity index (χ3n) is 2.42. The van der Waals surface area contributed by atoms with Crippen molar-refractivity contribution in [2.75, 3.05) is 39.0 Å². The Labute approximate surface area is 95.2 Å². The molecule has 0 aromatic rings. The van der Waals surface area contributed by atoms with Crippen molar-refractivity contribution < 1.29 is 18.3 Å². The molecule has 0 saturated carbocycles. The summed E-state index contributed by atoms with van der Waals surface area (Å²) < 4.78 is 23.9. The maximum atomic E-state index is 11.2. The first-order valence-corrected chi connectivity index (χ1v) is 6.81. The van der Waals surface area contributed by atoms with Gasteiger partial charge in [0.05, 0.1) is 6.26 Å². The van der Waals surface area contributed by atoms with E-state index in [2.05, 4.69) is 0 Å². The Hall–Kier alpha value is -0.920. The Morgan fingerprint density at radius 3 is 2.31 bits per heavy atom. The summed E-state index contributed by atoms with van der Waals surface area (Å²) in [5, 5.41) is 8.40. The van der Waals surface area contributed by atoms with E-state index >= 15 is 0 Å². The van der Waals surface area contributed by atoms with E-state index in [0.717, 1.165) is 6.08 Å². The third kappa shape index (κ3) is 4.30. The van der Waals surface area contributed by atoms with Gasteiger partial charge >= 0.3 is 5.97 Å². The molecule has 0 amide bonds. The smallest absolute Gasteiger partial charge is 0.328 e. The standard InChI is InChI=1S/C9H16N2O4S/c1-16(14,15)11-7-5-10(6-8-11)4-2-3-9(12)13/h2-3H,4-8H2,1H3,(H,12,13). The minimum atomic E-state index is -3.09. The molecule has 0 spiro atoms. The van der Waals surface area contributed by atoms with E-state index in [-0.39, 0.29) is 0 Å². The van der Waals surface area contributed by atoms with Crippen LogP contribution in [0.5, 0.6) is 0 Å². The van der Waals surface area contributed by atoms with Gasteiger partial charge in [0.25, 0.3) is 0 Å². The topological polar surface area (TPSA) is 77.9 Å². The van der Waals surface area contributed by atoms with E-state index in [9.17, 15) is 13.2 Å². The molecule has 0 bridgehead atoms. The highest BCUT2D eigenvalue weighted by Gasteiger charge is 2.22. The molecular formula is C9H16N2O4S. The van der Waals surface area contributed by atoms with Crippen molar-refractivity contribution in [3.63, 3.8) is 0 Å². The predicted molar refractivity (Wildman–Crippen MR) is 59.6 cm³/mol. The quantitative estimate of drug-likeness (QED) is 0.659. The summed E-state index contributed by atoms with van der Waals surface area (Å²) in [5.74, 6) is -0.963. The molecule has 0 atom stereocenters. The van der Waals surface area contributed by atoms with Crippen LogP contribution in [0.3, 0.4) is 0 Å². The highest BCUT2D eigenvalue weighted by atomic mass is 32.2. The molecule has 1 aliphatic heterocycles. The number of hydrogen-bond donors (Lipinski definition) is 1. The zero-order valence-electron chi connectivity index (χ0n) is 9.16. The molecule has 0 aliphatic carbocycles. The van der Waals surface area contributed by atoms with Crippen molar-refractivity contribution in [3.05, 3.63) is 12.2 Å². The Balaban J connectivity index is 2.35. The number of carbonyl (C=O) groups is 1. The van der Waals surface area contributed by atoms with Crippen molar-refractivity contribution in [2.24, 2.45) is 0 Å². The molecule has 6 nitrogen and oxygen atoms in total. The fraction of sp³-hybridized carbons (Fsp3) is 0.667. The Bertz CT molecular complexity index is 369. The van der Waals surface area contributed by atoms with Crippen LogP contribution in [0.25, 0.3) is 0 Å². The number of nitrogens with zero attached hydrogens (tertiary/aromatic N) is 2. The summed E-state index contributed by atoms with van der Waals surface area (Å²) in [6.45, 7) is 2.76. The van der Waals surface area contributed by atoms with Crippen LogP contribution in [0.2, 0.25) is 0 Å². The molecule has 1 N–H and O–H groups in total. The zero-order valence-corrected chi connectivity index (χ0v) is 9.98. The summed E-state index contributed by atoms with van der Waals surface area (Å²) in [6.07, 6.45) is 3.87. The SMILES string of the molecule is CS(=O)(=O)N1CCN(CC=CC(=O)O)CC1. The van der Waals surface area contributed by atoms with Crippen LogP contribution >= 0.6 is 0 Å². The van der Waals surface area contributed by atoms with Crippen molar-refractivity contribution in [2.45, 2.75) is 0 Å². The number of sulfonamides is 1. The van der Waals surface area contributed by atoms with E-state index < -0.39 is 16.0 Å². The second kappa shape index (κ2) is 5.42. The van der Waals surface area contributed by atoms with Gasteiger partial charge in [0.1, 0.15) is 0 Å². The number of hydrogen-bond acceptors (Lipinski definition) is 4. The van der Waals surface area contributed by atoms with Gasteiger partial charge in [-0.1, -0.05) is 6.08 Å². The van der Waals surface area contributed by atoms with Crippen LogP contribution in [-0.2, 0) is 14.8 Å². The van der Waals surface area contributed by atoms with Gasteiger partial charge in [-0.05, 0) is 0 Å². The first kappa shape index (κ1) is 13.1. The first-order valence-electron chi connectivity index (χ1n) is 4.96. The van der Waals surface area contributed by atoms with Gasteiger partial charge in [0.2, 0.25) is 10.0 Å². The number of carboxylic acids is 1. The van der Waals surface area contributed by atoms with Gasteiger partial charge in [0, 0.05) is 38.8 Å². The van der Waals surface area contributed by atoms with Gasteiger partial charge in [-0.15, -0.1) is 0 Å². The van der Waals surface area contributed by atoms with Crippen molar-refractivity contribution in [1.29, 1.82) is 0 Å². The van der Waals surface area contributed by atoms with Gasteiger partial charge in [-0.2, -0.15) is 4.31 Å². The molecule has 1 rings (SSSR count). The number of carboxylic acid groups (broad SMARTS) is 1. The zero-order chi connectivity index (χ0) is 12.2. The summed E-state index contributed by atoms with van der Waals surface area (Å²) in [6, 6.07) is 0. The molecular weight excluding hydrogens is 232 g/mol. The largest absolute Gasteiger partial charge is 0.478 e. The predicted octanol–water partition coefficient (Wildman–Crippen LogP) is -0.796. The lowest BCUT2D eigenvalue weighted by molar-refractivity contribution is -0.131. The van der Waals surface area contributed by atoms with Crippen LogP contribution in [-0.4, -0.2) is 67.7 Å². The van der Waals surface area contributed by atoms with E-state index in [1.54, 1.807) is 6.08 Å². The maximum absolute atomic E-state index is 11.2. The average Bonchev–Trinajstić information content (AvgIpc) is 2.16. The van der Waals surface area contributed by atoms with E-state index in [0.29, 0.717) is 32.7 Å². The molecule has 1 saturated heterocycles. The number of rotatable bonds is 4. The van der Waals surface area contributed by atoms with Gasteiger partial charge in [0.15, 0.2) is 0 Å². The monoisotopic (exact) mass is 248 g/mol. The fourth-order valence-electron chi connectivity index (χ4n) is 1.55. The molecule has 16 heavy (non-hydrogen) atoms. The minimum Gasteiger partial charge on any atom is -0.478 e. The molecule has 0 radical (unpaired) electrons. The Morgan fingerprint density at radius 2 is 1.88 bits per heavy atom. The second-order valence-corrected chi connectivity index (χ2v) is 5.69. The second-order valence-electron chi connectivity index (χ2n) is 3.70. The highest BCUT2D eigenvalue weighted by molar-refractivity contribution is 7.88. The van der Waals surface area contributed by atoms with E-state index in [1.165, 1.54) is 10.6 Å². The third-order valence-corrected chi connectivity index (χ3v) is 3.73. The summed E-state index contributed by atoms with van der Waals surface area (Å²) in [7, 11) is -3.09. The van der Waals surface area contributed by atoms with Crippen LogP contribution in [0.15, 0.2) is 12.2 Å². The highest BCUT2D eigenvalue weighted by Crippen LogP contribution is 2.05. The van der Waals surface area contributed by atoms with E-state index in [1.807, 2.05) is 4.90 Å². The summed E-state index contributed by atoms with van der Waals surface area (Å²) >= 11 is 0. The number of piperazine rings is 1. The van der Waals surface area contributed by atoms with Gasteiger partial charge in [-0.3, -0.25) is 4.90 Å². The van der Waals surface area contributed by atoms with Crippen molar-refractivity contribution >= 4 is 16.0 Å². The normalized spacial score (nSPS) is 20.3. The van der Waals surface area contributed by atoms with Crippen LogP contribution < -0.4 is 0 Å². The summed E-state index contributed by atoms with van der Waals surface area (Å²) in [5.41, 5.74) is 0. The van der Waals surface area contributed by atoms with Crippen LogP contribution in [0.1, 0.15) is 0 Å². The molecule has 0 aromatic heterocycles. The first-order chi connectivity index (χ1) is 7.39. The van der Waals surface area contributed by atoms with Crippen LogP contribution in [0, 0.1) is 0 Å². The lowest BCUT2D eigenvalue weighted by atomic mass is 10.3. The molecule has 92 valence electrons.